The fourth-order valence-electron chi connectivity index (χ4n) is 2.56. The summed E-state index contributed by atoms with van der Waals surface area (Å²) < 4.78 is 43.7. The van der Waals surface area contributed by atoms with Gasteiger partial charge in [0.1, 0.15) is 5.82 Å². The van der Waals surface area contributed by atoms with Crippen molar-refractivity contribution >= 4 is 28.7 Å². The van der Waals surface area contributed by atoms with Gasteiger partial charge in [0.05, 0.1) is 23.1 Å². The van der Waals surface area contributed by atoms with Crippen molar-refractivity contribution in [3.05, 3.63) is 53.9 Å². The van der Waals surface area contributed by atoms with Gasteiger partial charge in [-0.05, 0) is 61.3 Å². The first-order valence-corrected chi connectivity index (χ1v) is 8.51. The molecule has 0 fully saturated rings. The standard InChI is InChI=1S/C17H17F3N4S/c1-2-24-15-9-11(17(18,19)20)3-8-14(15)23-16(24)10-22-25-13-6-4-12(21)5-7-13/h3-9,22H,2,10,21H2,1H3. The highest BCUT2D eigenvalue weighted by Crippen LogP contribution is 2.31. The summed E-state index contributed by atoms with van der Waals surface area (Å²) >= 11 is 1.42. The van der Waals surface area contributed by atoms with Crippen LogP contribution in [0.4, 0.5) is 18.9 Å². The molecular formula is C17H17F3N4S. The summed E-state index contributed by atoms with van der Waals surface area (Å²) in [5.41, 5.74) is 6.73. The number of hydrogen-bond donors (Lipinski definition) is 2. The van der Waals surface area contributed by atoms with Gasteiger partial charge in [-0.25, -0.2) is 4.98 Å². The number of nitrogen functional groups attached to an aromatic ring is 1. The van der Waals surface area contributed by atoms with Gasteiger partial charge in [0, 0.05) is 17.1 Å². The number of fused-ring (bicyclic) bond motifs is 1. The number of aromatic nitrogens is 2. The Bertz CT molecular complexity index is 872. The fraction of sp³-hybridized carbons (Fsp3) is 0.235. The highest BCUT2D eigenvalue weighted by atomic mass is 32.2. The number of rotatable bonds is 5. The molecule has 0 bridgehead atoms. The van der Waals surface area contributed by atoms with Gasteiger partial charge in [-0.15, -0.1) is 0 Å². The summed E-state index contributed by atoms with van der Waals surface area (Å²) in [7, 11) is 0. The van der Waals surface area contributed by atoms with Crippen LogP contribution < -0.4 is 10.5 Å². The summed E-state index contributed by atoms with van der Waals surface area (Å²) in [5, 5.41) is 0. The Morgan fingerprint density at radius 2 is 1.88 bits per heavy atom. The Hall–Kier alpha value is -2.19. The number of nitrogens with zero attached hydrogens (tertiary/aromatic N) is 2. The molecule has 0 saturated carbocycles. The molecule has 0 saturated heterocycles. The number of nitrogens with one attached hydrogen (secondary N) is 1. The summed E-state index contributed by atoms with van der Waals surface area (Å²) in [4.78, 5) is 5.45. The van der Waals surface area contributed by atoms with Crippen LogP contribution in [-0.4, -0.2) is 9.55 Å². The van der Waals surface area contributed by atoms with E-state index in [1.54, 1.807) is 4.57 Å². The average molecular weight is 366 g/mol. The second-order valence-corrected chi connectivity index (χ2v) is 6.43. The topological polar surface area (TPSA) is 55.9 Å². The maximum Gasteiger partial charge on any atom is 0.416 e. The van der Waals surface area contributed by atoms with Crippen molar-refractivity contribution in [3.8, 4) is 0 Å². The van der Waals surface area contributed by atoms with Crippen molar-refractivity contribution in [1.29, 1.82) is 0 Å². The lowest BCUT2D eigenvalue weighted by Crippen LogP contribution is -2.10. The molecule has 0 atom stereocenters. The van der Waals surface area contributed by atoms with Crippen LogP contribution in [0.15, 0.2) is 47.4 Å². The molecule has 0 amide bonds. The van der Waals surface area contributed by atoms with E-state index in [1.165, 1.54) is 18.0 Å². The van der Waals surface area contributed by atoms with Gasteiger partial charge >= 0.3 is 6.18 Å². The van der Waals surface area contributed by atoms with E-state index < -0.39 is 11.7 Å². The van der Waals surface area contributed by atoms with Crippen molar-refractivity contribution in [3.63, 3.8) is 0 Å². The van der Waals surface area contributed by atoms with Crippen LogP contribution in [0.5, 0.6) is 0 Å². The molecule has 4 nitrogen and oxygen atoms in total. The van der Waals surface area contributed by atoms with E-state index in [1.807, 2.05) is 31.2 Å². The van der Waals surface area contributed by atoms with Crippen molar-refractivity contribution in [2.24, 2.45) is 0 Å². The van der Waals surface area contributed by atoms with Crippen LogP contribution in [-0.2, 0) is 19.3 Å². The predicted octanol–water partition coefficient (Wildman–Crippen LogP) is 4.45. The average Bonchev–Trinajstić information content (AvgIpc) is 2.92. The van der Waals surface area contributed by atoms with Gasteiger partial charge in [0.15, 0.2) is 0 Å². The number of halogens is 3. The largest absolute Gasteiger partial charge is 0.416 e. The molecule has 8 heteroatoms. The van der Waals surface area contributed by atoms with E-state index in [2.05, 4.69) is 9.71 Å². The highest BCUT2D eigenvalue weighted by molar-refractivity contribution is 7.97. The van der Waals surface area contributed by atoms with Crippen LogP contribution in [0, 0.1) is 0 Å². The first-order chi connectivity index (χ1) is 11.9. The molecule has 0 radical (unpaired) electrons. The molecule has 0 aliphatic heterocycles. The van der Waals surface area contributed by atoms with Crippen LogP contribution in [0.3, 0.4) is 0 Å². The molecular weight excluding hydrogens is 349 g/mol. The monoisotopic (exact) mass is 366 g/mol. The number of alkyl halides is 3. The van der Waals surface area contributed by atoms with Crippen LogP contribution in [0.2, 0.25) is 0 Å². The van der Waals surface area contributed by atoms with Crippen molar-refractivity contribution in [2.45, 2.75) is 31.1 Å². The predicted molar refractivity (Wildman–Crippen MR) is 94.0 cm³/mol. The van der Waals surface area contributed by atoms with Gasteiger partial charge < -0.3 is 10.3 Å². The lowest BCUT2D eigenvalue weighted by atomic mass is 10.2. The first-order valence-electron chi connectivity index (χ1n) is 7.70. The Balaban J connectivity index is 1.80. The summed E-state index contributed by atoms with van der Waals surface area (Å²) in [6, 6.07) is 11.0. The quantitative estimate of drug-likeness (QED) is 0.517. The molecule has 3 N–H and O–H groups in total. The Kier molecular flexibility index (Phi) is 4.91. The maximum atomic E-state index is 12.9. The van der Waals surface area contributed by atoms with E-state index in [0.717, 1.165) is 17.0 Å². The maximum absolute atomic E-state index is 12.9. The van der Waals surface area contributed by atoms with Gasteiger partial charge in [0.25, 0.3) is 0 Å². The van der Waals surface area contributed by atoms with Crippen LogP contribution in [0.25, 0.3) is 11.0 Å². The molecule has 0 aliphatic carbocycles. The molecule has 1 heterocycles. The number of imidazole rings is 1. The van der Waals surface area contributed by atoms with E-state index >= 15 is 0 Å². The Morgan fingerprint density at radius 3 is 2.52 bits per heavy atom. The minimum Gasteiger partial charge on any atom is -0.399 e. The minimum absolute atomic E-state index is 0.429. The van der Waals surface area contributed by atoms with Crippen molar-refractivity contribution in [2.75, 3.05) is 5.73 Å². The number of aryl methyl sites for hydroxylation is 1. The first kappa shape index (κ1) is 17.6. The number of hydrogen-bond acceptors (Lipinski definition) is 4. The second-order valence-electron chi connectivity index (χ2n) is 5.47. The van der Waals surface area contributed by atoms with Gasteiger partial charge in [0.2, 0.25) is 0 Å². The molecule has 3 rings (SSSR count). The smallest absolute Gasteiger partial charge is 0.399 e. The number of nitrogens with two attached hydrogens (primary N) is 1. The fourth-order valence-corrected chi connectivity index (χ4v) is 3.20. The second kappa shape index (κ2) is 6.97. The zero-order valence-electron chi connectivity index (χ0n) is 13.5. The Morgan fingerprint density at radius 1 is 1.16 bits per heavy atom. The lowest BCUT2D eigenvalue weighted by molar-refractivity contribution is -0.137. The molecule has 25 heavy (non-hydrogen) atoms. The van der Waals surface area contributed by atoms with E-state index in [-0.39, 0.29) is 0 Å². The third kappa shape index (κ3) is 3.91. The van der Waals surface area contributed by atoms with Gasteiger partial charge in [-0.3, -0.25) is 4.72 Å². The minimum atomic E-state index is -4.36. The molecule has 1 aromatic heterocycles. The third-order valence-corrected chi connectivity index (χ3v) is 4.57. The molecule has 0 unspecified atom stereocenters. The zero-order chi connectivity index (χ0) is 18.0. The van der Waals surface area contributed by atoms with E-state index in [9.17, 15) is 13.2 Å². The third-order valence-electron chi connectivity index (χ3n) is 3.77. The molecule has 0 aliphatic rings. The molecule has 3 aromatic rings. The normalized spacial score (nSPS) is 12.0. The zero-order valence-corrected chi connectivity index (χ0v) is 14.3. The molecule has 132 valence electrons. The molecule has 2 aromatic carbocycles. The number of benzene rings is 2. The van der Waals surface area contributed by atoms with Crippen LogP contribution >= 0.6 is 11.9 Å². The van der Waals surface area contributed by atoms with E-state index in [0.29, 0.717) is 35.6 Å². The van der Waals surface area contributed by atoms with E-state index in [4.69, 9.17) is 5.73 Å². The van der Waals surface area contributed by atoms with Gasteiger partial charge in [-0.1, -0.05) is 0 Å². The Labute approximate surface area is 147 Å². The number of anilines is 1. The molecule has 0 spiro atoms. The van der Waals surface area contributed by atoms with Crippen LogP contribution in [0.1, 0.15) is 18.3 Å². The summed E-state index contributed by atoms with van der Waals surface area (Å²) in [6.07, 6.45) is -4.36. The SMILES string of the molecule is CCn1c(CNSc2ccc(N)cc2)nc2ccc(C(F)(F)F)cc21. The summed E-state index contributed by atoms with van der Waals surface area (Å²) in [6.45, 7) is 2.86. The van der Waals surface area contributed by atoms with Crippen molar-refractivity contribution < 1.29 is 13.2 Å². The van der Waals surface area contributed by atoms with Crippen molar-refractivity contribution in [1.82, 2.24) is 14.3 Å². The highest BCUT2D eigenvalue weighted by Gasteiger charge is 2.31. The van der Waals surface area contributed by atoms with Gasteiger partial charge in [-0.2, -0.15) is 13.2 Å². The summed E-state index contributed by atoms with van der Waals surface area (Å²) in [5.74, 6) is 0.694. The lowest BCUT2D eigenvalue weighted by Gasteiger charge is -2.09.